The van der Waals surface area contributed by atoms with Crippen LogP contribution in [0.5, 0.6) is 0 Å². The van der Waals surface area contributed by atoms with Crippen molar-refractivity contribution in [2.75, 3.05) is 13.1 Å². The molecule has 2 aromatic rings. The minimum atomic E-state index is -0.234. The van der Waals surface area contributed by atoms with Crippen molar-refractivity contribution >= 4 is 17.2 Å². The van der Waals surface area contributed by atoms with Gasteiger partial charge in [-0.1, -0.05) is 38.5 Å². The normalized spacial score (nSPS) is 12.2. The smallest absolute Gasteiger partial charge is 0.273 e. The number of hydrogen-bond donors (Lipinski definition) is 0. The third-order valence-corrected chi connectivity index (χ3v) is 4.82. The van der Waals surface area contributed by atoms with Crippen molar-refractivity contribution < 1.29 is 9.18 Å². The maximum absolute atomic E-state index is 13.7. The Kier molecular flexibility index (Phi) is 6.28. The van der Waals surface area contributed by atoms with Crippen molar-refractivity contribution in [2.24, 2.45) is 5.92 Å². The standard InChI is InChI=1S/C18H23FN2OS/c1-4-13(3)11-21(5-2)18(22)16-12-23-17(20-16)10-14-8-6-7-9-15(14)19/h6-9,12-13H,4-5,10-11H2,1-3H3. The number of benzene rings is 1. The number of rotatable bonds is 7. The second-order valence-electron chi connectivity index (χ2n) is 5.75. The first kappa shape index (κ1) is 17.6. The molecule has 0 spiro atoms. The summed E-state index contributed by atoms with van der Waals surface area (Å²) in [5.41, 5.74) is 1.07. The number of amides is 1. The Hall–Kier alpha value is -1.75. The van der Waals surface area contributed by atoms with E-state index < -0.39 is 0 Å². The van der Waals surface area contributed by atoms with Gasteiger partial charge in [-0.2, -0.15) is 0 Å². The van der Waals surface area contributed by atoms with Gasteiger partial charge in [-0.3, -0.25) is 4.79 Å². The summed E-state index contributed by atoms with van der Waals surface area (Å²) in [4.78, 5) is 18.8. The van der Waals surface area contributed by atoms with Gasteiger partial charge in [0, 0.05) is 24.9 Å². The molecule has 1 atom stereocenters. The maximum atomic E-state index is 13.7. The Morgan fingerprint density at radius 1 is 1.35 bits per heavy atom. The van der Waals surface area contributed by atoms with Gasteiger partial charge < -0.3 is 4.90 Å². The van der Waals surface area contributed by atoms with Crippen LogP contribution in [0.2, 0.25) is 0 Å². The topological polar surface area (TPSA) is 33.2 Å². The third-order valence-electron chi connectivity index (χ3n) is 3.97. The van der Waals surface area contributed by atoms with Gasteiger partial charge in [0.2, 0.25) is 0 Å². The summed E-state index contributed by atoms with van der Waals surface area (Å²) in [7, 11) is 0. The van der Waals surface area contributed by atoms with Crippen molar-refractivity contribution in [3.05, 3.63) is 51.7 Å². The summed E-state index contributed by atoms with van der Waals surface area (Å²) in [5, 5.41) is 2.54. The molecule has 23 heavy (non-hydrogen) atoms. The minimum absolute atomic E-state index is 0.0381. The first-order valence-electron chi connectivity index (χ1n) is 8.02. The molecule has 0 radical (unpaired) electrons. The highest BCUT2D eigenvalue weighted by Gasteiger charge is 2.19. The van der Waals surface area contributed by atoms with E-state index in [0.717, 1.165) is 18.0 Å². The molecule has 1 amide bonds. The summed E-state index contributed by atoms with van der Waals surface area (Å²) in [6.45, 7) is 7.65. The monoisotopic (exact) mass is 334 g/mol. The van der Waals surface area contributed by atoms with Crippen LogP contribution in [-0.4, -0.2) is 28.9 Å². The molecule has 0 saturated heterocycles. The average Bonchev–Trinajstić information content (AvgIpc) is 3.02. The van der Waals surface area contributed by atoms with Crippen molar-refractivity contribution in [2.45, 2.75) is 33.6 Å². The lowest BCUT2D eigenvalue weighted by Gasteiger charge is -2.23. The van der Waals surface area contributed by atoms with Crippen LogP contribution in [-0.2, 0) is 6.42 Å². The second kappa shape index (κ2) is 8.20. The summed E-state index contributed by atoms with van der Waals surface area (Å²) >= 11 is 1.41. The van der Waals surface area contributed by atoms with E-state index in [9.17, 15) is 9.18 Å². The molecule has 2 rings (SSSR count). The van der Waals surface area contributed by atoms with Crippen LogP contribution in [0.3, 0.4) is 0 Å². The second-order valence-corrected chi connectivity index (χ2v) is 6.69. The van der Waals surface area contributed by atoms with Gasteiger partial charge in [0.25, 0.3) is 5.91 Å². The van der Waals surface area contributed by atoms with Gasteiger partial charge in [0.1, 0.15) is 11.5 Å². The lowest BCUT2D eigenvalue weighted by atomic mass is 10.1. The molecule has 0 aliphatic rings. The van der Waals surface area contributed by atoms with Gasteiger partial charge in [0.15, 0.2) is 0 Å². The van der Waals surface area contributed by atoms with Gasteiger partial charge in [-0.15, -0.1) is 11.3 Å². The molecule has 1 heterocycles. The van der Waals surface area contributed by atoms with Crippen LogP contribution in [0, 0.1) is 11.7 Å². The van der Waals surface area contributed by atoms with Gasteiger partial charge in [-0.05, 0) is 24.5 Å². The van der Waals surface area contributed by atoms with E-state index in [0.29, 0.717) is 30.1 Å². The van der Waals surface area contributed by atoms with Gasteiger partial charge in [0.05, 0.1) is 5.01 Å². The fraction of sp³-hybridized carbons (Fsp3) is 0.444. The largest absolute Gasteiger partial charge is 0.337 e. The molecular formula is C18H23FN2OS. The summed E-state index contributed by atoms with van der Waals surface area (Å²) < 4.78 is 13.7. The van der Waals surface area contributed by atoms with E-state index in [1.54, 1.807) is 17.5 Å². The van der Waals surface area contributed by atoms with Crippen LogP contribution in [0.4, 0.5) is 4.39 Å². The van der Waals surface area contributed by atoms with Gasteiger partial charge in [-0.25, -0.2) is 9.37 Å². The predicted octanol–water partition coefficient (Wildman–Crippen LogP) is 4.38. The Morgan fingerprint density at radius 3 is 2.74 bits per heavy atom. The Bertz CT molecular complexity index is 656. The maximum Gasteiger partial charge on any atom is 0.273 e. The lowest BCUT2D eigenvalue weighted by Crippen LogP contribution is -2.34. The molecule has 1 unspecified atom stereocenters. The number of hydrogen-bond acceptors (Lipinski definition) is 3. The van der Waals surface area contributed by atoms with Crippen molar-refractivity contribution in [3.63, 3.8) is 0 Å². The van der Waals surface area contributed by atoms with Crippen molar-refractivity contribution in [3.8, 4) is 0 Å². The van der Waals surface area contributed by atoms with E-state index in [1.807, 2.05) is 17.9 Å². The molecule has 0 aliphatic heterocycles. The Morgan fingerprint density at radius 2 is 2.09 bits per heavy atom. The molecule has 5 heteroatoms. The number of aromatic nitrogens is 1. The highest BCUT2D eigenvalue weighted by Crippen LogP contribution is 2.18. The molecule has 0 aliphatic carbocycles. The summed E-state index contributed by atoms with van der Waals surface area (Å²) in [5.74, 6) is 0.196. The summed E-state index contributed by atoms with van der Waals surface area (Å²) in [6, 6.07) is 6.67. The molecule has 3 nitrogen and oxygen atoms in total. The van der Waals surface area contributed by atoms with Crippen LogP contribution >= 0.6 is 11.3 Å². The molecule has 0 saturated carbocycles. The molecule has 1 aromatic heterocycles. The lowest BCUT2D eigenvalue weighted by molar-refractivity contribution is 0.0735. The number of carbonyl (C=O) groups excluding carboxylic acids is 1. The van der Waals surface area contributed by atoms with Crippen molar-refractivity contribution in [1.29, 1.82) is 0 Å². The minimum Gasteiger partial charge on any atom is -0.337 e. The molecular weight excluding hydrogens is 311 g/mol. The number of carbonyl (C=O) groups is 1. The molecule has 0 N–H and O–H groups in total. The molecule has 0 bridgehead atoms. The molecule has 1 aromatic carbocycles. The highest BCUT2D eigenvalue weighted by atomic mass is 32.1. The Labute approximate surface area is 141 Å². The average molecular weight is 334 g/mol. The fourth-order valence-corrected chi connectivity index (χ4v) is 3.11. The Balaban J connectivity index is 2.08. The van der Waals surface area contributed by atoms with E-state index in [1.165, 1.54) is 17.4 Å². The van der Waals surface area contributed by atoms with Crippen LogP contribution in [0.25, 0.3) is 0 Å². The zero-order chi connectivity index (χ0) is 16.8. The first-order valence-corrected chi connectivity index (χ1v) is 8.90. The van der Waals surface area contributed by atoms with Crippen LogP contribution < -0.4 is 0 Å². The van der Waals surface area contributed by atoms with E-state index in [4.69, 9.17) is 0 Å². The quantitative estimate of drug-likeness (QED) is 0.753. The number of halogens is 1. The van der Waals surface area contributed by atoms with Crippen LogP contribution in [0.15, 0.2) is 29.6 Å². The summed E-state index contributed by atoms with van der Waals surface area (Å²) in [6.07, 6.45) is 1.46. The zero-order valence-corrected chi connectivity index (χ0v) is 14.7. The fourth-order valence-electron chi connectivity index (χ4n) is 2.32. The van der Waals surface area contributed by atoms with E-state index >= 15 is 0 Å². The highest BCUT2D eigenvalue weighted by molar-refractivity contribution is 7.09. The number of nitrogens with zero attached hydrogens (tertiary/aromatic N) is 2. The SMILES string of the molecule is CCC(C)CN(CC)C(=O)c1csc(Cc2ccccc2F)n1. The van der Waals surface area contributed by atoms with E-state index in [2.05, 4.69) is 18.8 Å². The first-order chi connectivity index (χ1) is 11.0. The zero-order valence-electron chi connectivity index (χ0n) is 13.9. The number of thiazole rings is 1. The molecule has 0 fully saturated rings. The third kappa shape index (κ3) is 4.61. The van der Waals surface area contributed by atoms with Crippen LogP contribution in [0.1, 0.15) is 48.3 Å². The molecule has 124 valence electrons. The van der Waals surface area contributed by atoms with E-state index in [-0.39, 0.29) is 11.7 Å². The predicted molar refractivity (Wildman–Crippen MR) is 92.4 cm³/mol. The van der Waals surface area contributed by atoms with Crippen molar-refractivity contribution in [1.82, 2.24) is 9.88 Å². The van der Waals surface area contributed by atoms with Gasteiger partial charge >= 0.3 is 0 Å².